The van der Waals surface area contributed by atoms with Crippen molar-refractivity contribution in [3.8, 4) is 5.75 Å². The van der Waals surface area contributed by atoms with Crippen LogP contribution in [-0.2, 0) is 12.7 Å². The highest BCUT2D eigenvalue weighted by atomic mass is 19.4. The van der Waals surface area contributed by atoms with E-state index in [1.165, 1.54) is 12.3 Å². The lowest BCUT2D eigenvalue weighted by molar-refractivity contribution is -0.142. The number of aromatic nitrogens is 3. The second-order valence-corrected chi connectivity index (χ2v) is 7.12. The Labute approximate surface area is 172 Å². The number of nitrogens with zero attached hydrogens (tertiary/aromatic N) is 3. The van der Waals surface area contributed by atoms with E-state index in [0.29, 0.717) is 0 Å². The van der Waals surface area contributed by atoms with Crippen LogP contribution in [0, 0.1) is 5.92 Å². The maximum atomic E-state index is 13.5. The number of amides is 2. The van der Waals surface area contributed by atoms with Gasteiger partial charge in [-0.3, -0.25) is 19.3 Å². The first-order valence-corrected chi connectivity index (χ1v) is 9.08. The fourth-order valence-corrected chi connectivity index (χ4v) is 3.45. The Hall–Kier alpha value is -3.25. The number of nitrogens with two attached hydrogens (primary N) is 1. The lowest BCUT2D eigenvalue weighted by Crippen LogP contribution is -2.22. The van der Waals surface area contributed by atoms with Crippen LogP contribution < -0.4 is 15.8 Å². The summed E-state index contributed by atoms with van der Waals surface area (Å²) in [5.41, 5.74) is 2.95. The van der Waals surface area contributed by atoms with Gasteiger partial charge in [-0.05, 0) is 24.5 Å². The average molecular weight is 447 g/mol. The van der Waals surface area contributed by atoms with Crippen LogP contribution in [0.4, 0.5) is 27.6 Å². The molecule has 0 aliphatic heterocycles. The molecule has 0 aromatic carbocycles. The van der Waals surface area contributed by atoms with Crippen LogP contribution >= 0.6 is 0 Å². The van der Waals surface area contributed by atoms with Gasteiger partial charge in [0.05, 0.1) is 7.11 Å². The first-order chi connectivity index (χ1) is 14.4. The van der Waals surface area contributed by atoms with Gasteiger partial charge in [-0.1, -0.05) is 0 Å². The smallest absolute Gasteiger partial charge is 0.438 e. The number of anilines is 1. The van der Waals surface area contributed by atoms with Gasteiger partial charge in [0.2, 0.25) is 11.6 Å². The van der Waals surface area contributed by atoms with Crippen molar-refractivity contribution in [2.45, 2.75) is 37.9 Å². The monoisotopic (exact) mass is 447 g/mol. The minimum atomic E-state index is -4.94. The lowest BCUT2D eigenvalue weighted by atomic mass is 10.1. The van der Waals surface area contributed by atoms with E-state index in [4.69, 9.17) is 10.5 Å². The van der Waals surface area contributed by atoms with Crippen LogP contribution in [0.2, 0.25) is 0 Å². The number of ether oxygens (including phenoxy) is 1. The Morgan fingerprint density at radius 2 is 2.10 bits per heavy atom. The van der Waals surface area contributed by atoms with Gasteiger partial charge in [0.1, 0.15) is 5.69 Å². The van der Waals surface area contributed by atoms with Gasteiger partial charge >= 0.3 is 6.18 Å². The Morgan fingerprint density at radius 3 is 2.65 bits per heavy atom. The van der Waals surface area contributed by atoms with E-state index in [9.17, 15) is 31.5 Å². The molecular weight excluding hydrogens is 429 g/mol. The van der Waals surface area contributed by atoms with Crippen molar-refractivity contribution >= 4 is 17.5 Å². The molecule has 1 atom stereocenters. The Bertz CT molecular complexity index is 1000. The Kier molecular flexibility index (Phi) is 5.87. The largest absolute Gasteiger partial charge is 0.492 e. The van der Waals surface area contributed by atoms with Crippen molar-refractivity contribution in [3.63, 3.8) is 0 Å². The predicted molar refractivity (Wildman–Crippen MR) is 96.8 cm³/mol. The molecule has 31 heavy (non-hydrogen) atoms. The minimum absolute atomic E-state index is 0.0320. The number of pyridine rings is 1. The number of carbonyl (C=O) groups is 2. The Morgan fingerprint density at radius 1 is 1.39 bits per heavy atom. The SMILES string of the molecule is COc1c(C(F)(F)F)nn(CC2CCC(F)(F)C2)c1C(=O)Nc1ccnc(C(N)=O)c1. The maximum absolute atomic E-state index is 13.5. The normalized spacial score (nSPS) is 18.1. The predicted octanol–water partition coefficient (Wildman–Crippen LogP) is 3.09. The van der Waals surface area contributed by atoms with Gasteiger partial charge in [-0.2, -0.15) is 18.3 Å². The van der Waals surface area contributed by atoms with Crippen molar-refractivity contribution in [1.29, 1.82) is 0 Å². The summed E-state index contributed by atoms with van der Waals surface area (Å²) in [4.78, 5) is 27.8. The van der Waals surface area contributed by atoms with Crippen LogP contribution in [0.1, 0.15) is 45.9 Å². The summed E-state index contributed by atoms with van der Waals surface area (Å²) in [6.07, 6.45) is -4.61. The number of nitrogens with one attached hydrogen (secondary N) is 1. The van der Waals surface area contributed by atoms with Crippen molar-refractivity contribution < 1.29 is 36.3 Å². The highest BCUT2D eigenvalue weighted by Gasteiger charge is 2.44. The number of rotatable bonds is 6. The van der Waals surface area contributed by atoms with E-state index >= 15 is 0 Å². The number of halogens is 5. The van der Waals surface area contributed by atoms with Crippen LogP contribution in [-0.4, -0.2) is 39.6 Å². The lowest BCUT2D eigenvalue weighted by Gasteiger charge is -2.14. The molecule has 3 N–H and O–H groups in total. The number of primary amides is 1. The van der Waals surface area contributed by atoms with Gasteiger partial charge in [0, 0.05) is 31.3 Å². The van der Waals surface area contributed by atoms with E-state index in [0.717, 1.165) is 17.9 Å². The summed E-state index contributed by atoms with van der Waals surface area (Å²) in [6.45, 7) is -0.326. The van der Waals surface area contributed by atoms with E-state index in [1.54, 1.807) is 0 Å². The molecule has 2 heterocycles. The van der Waals surface area contributed by atoms with Gasteiger partial charge in [-0.25, -0.2) is 8.78 Å². The summed E-state index contributed by atoms with van der Waals surface area (Å²) in [5.74, 6) is -6.33. The van der Waals surface area contributed by atoms with Gasteiger partial charge in [0.25, 0.3) is 11.8 Å². The molecule has 1 unspecified atom stereocenters. The quantitative estimate of drug-likeness (QED) is 0.661. The number of alkyl halides is 5. The molecule has 0 radical (unpaired) electrons. The molecule has 13 heteroatoms. The van der Waals surface area contributed by atoms with E-state index in [-0.39, 0.29) is 24.3 Å². The third kappa shape index (κ3) is 4.91. The van der Waals surface area contributed by atoms with Crippen molar-refractivity contribution in [3.05, 3.63) is 35.4 Å². The number of hydrogen-bond donors (Lipinski definition) is 2. The third-order valence-electron chi connectivity index (χ3n) is 4.80. The van der Waals surface area contributed by atoms with Crippen LogP contribution in [0.15, 0.2) is 18.3 Å². The van der Waals surface area contributed by atoms with E-state index in [1.807, 2.05) is 0 Å². The number of methoxy groups -OCH3 is 1. The summed E-state index contributed by atoms with van der Waals surface area (Å²) >= 11 is 0. The second-order valence-electron chi connectivity index (χ2n) is 7.12. The third-order valence-corrected chi connectivity index (χ3v) is 4.80. The zero-order chi connectivity index (χ0) is 23.0. The molecule has 3 rings (SSSR count). The summed E-state index contributed by atoms with van der Waals surface area (Å²) in [7, 11) is 0.939. The number of carbonyl (C=O) groups excluding carboxylic acids is 2. The van der Waals surface area contributed by atoms with Gasteiger partial charge in [0.15, 0.2) is 11.4 Å². The highest BCUT2D eigenvalue weighted by molar-refractivity contribution is 6.05. The highest BCUT2D eigenvalue weighted by Crippen LogP contribution is 2.42. The van der Waals surface area contributed by atoms with Crippen molar-refractivity contribution in [2.24, 2.45) is 11.7 Å². The van der Waals surface area contributed by atoms with Crippen LogP contribution in [0.5, 0.6) is 5.75 Å². The van der Waals surface area contributed by atoms with E-state index < -0.39 is 59.8 Å². The summed E-state index contributed by atoms with van der Waals surface area (Å²) < 4.78 is 72.9. The molecular formula is C18H18F5N5O3. The van der Waals surface area contributed by atoms with Crippen molar-refractivity contribution in [2.75, 3.05) is 12.4 Å². The van der Waals surface area contributed by atoms with E-state index in [2.05, 4.69) is 15.4 Å². The number of hydrogen-bond acceptors (Lipinski definition) is 5. The molecule has 0 saturated heterocycles. The fraction of sp³-hybridized carbons (Fsp3) is 0.444. The zero-order valence-electron chi connectivity index (χ0n) is 16.2. The molecule has 1 aliphatic carbocycles. The standard InChI is InChI=1S/C18H18F5N5O3/c1-31-13-12(16(30)26-10-3-5-25-11(6-10)15(24)29)28(27-14(13)18(21,22)23)8-9-2-4-17(19,20)7-9/h3,5-6,9H,2,4,7-8H2,1H3,(H2,24,29)(H,25,26,30). The topological polar surface area (TPSA) is 112 Å². The molecule has 1 saturated carbocycles. The molecule has 2 amide bonds. The molecule has 2 aromatic rings. The maximum Gasteiger partial charge on any atom is 0.438 e. The van der Waals surface area contributed by atoms with Crippen LogP contribution in [0.25, 0.3) is 0 Å². The molecule has 8 nitrogen and oxygen atoms in total. The first-order valence-electron chi connectivity index (χ1n) is 9.08. The molecule has 1 aliphatic rings. The summed E-state index contributed by atoms with van der Waals surface area (Å²) in [5, 5.41) is 5.78. The zero-order valence-corrected chi connectivity index (χ0v) is 16.2. The minimum Gasteiger partial charge on any atom is -0.492 e. The van der Waals surface area contributed by atoms with Crippen LogP contribution in [0.3, 0.4) is 0 Å². The van der Waals surface area contributed by atoms with Gasteiger partial charge in [-0.15, -0.1) is 0 Å². The van der Waals surface area contributed by atoms with Gasteiger partial charge < -0.3 is 15.8 Å². The van der Waals surface area contributed by atoms with Crippen molar-refractivity contribution in [1.82, 2.24) is 14.8 Å². The molecule has 0 bridgehead atoms. The summed E-state index contributed by atoms with van der Waals surface area (Å²) in [6, 6.07) is 2.43. The fourth-order valence-electron chi connectivity index (χ4n) is 3.45. The molecule has 168 valence electrons. The molecule has 1 fully saturated rings. The average Bonchev–Trinajstić information content (AvgIpc) is 3.21. The molecule has 2 aromatic heterocycles. The molecule has 0 spiro atoms. The Balaban J connectivity index is 1.98. The second kappa shape index (κ2) is 8.12. The first kappa shape index (κ1) is 22.4.